The van der Waals surface area contributed by atoms with Gasteiger partial charge in [-0.1, -0.05) is 26.7 Å². The SMILES string of the molecule is CCC(CC)CS(=O)(=O)NCC(=O)O. The van der Waals surface area contributed by atoms with Crippen molar-refractivity contribution < 1.29 is 18.3 Å². The molecule has 6 heteroatoms. The number of carbonyl (C=O) groups is 1. The molecule has 0 aromatic carbocycles. The molecule has 0 amide bonds. The minimum Gasteiger partial charge on any atom is -0.480 e. The highest BCUT2D eigenvalue weighted by molar-refractivity contribution is 7.89. The molecule has 5 nitrogen and oxygen atoms in total. The number of hydrogen-bond donors (Lipinski definition) is 2. The molecular formula is C8H17NO4S. The Hall–Kier alpha value is -0.620. The van der Waals surface area contributed by atoms with Gasteiger partial charge in [0, 0.05) is 0 Å². The summed E-state index contributed by atoms with van der Waals surface area (Å²) in [7, 11) is -3.43. The second-order valence-electron chi connectivity index (χ2n) is 3.18. The third-order valence-corrected chi connectivity index (χ3v) is 3.55. The first-order chi connectivity index (χ1) is 6.41. The van der Waals surface area contributed by atoms with E-state index in [0.29, 0.717) is 0 Å². The summed E-state index contributed by atoms with van der Waals surface area (Å²) in [6.45, 7) is 3.30. The van der Waals surface area contributed by atoms with Crippen molar-refractivity contribution in [2.75, 3.05) is 12.3 Å². The summed E-state index contributed by atoms with van der Waals surface area (Å²) in [5.74, 6) is -1.06. The number of aliphatic carboxylic acids is 1. The molecule has 0 aliphatic heterocycles. The molecule has 0 rings (SSSR count). The Kier molecular flexibility index (Phi) is 5.71. The van der Waals surface area contributed by atoms with Crippen LogP contribution < -0.4 is 4.72 Å². The molecule has 14 heavy (non-hydrogen) atoms. The van der Waals surface area contributed by atoms with Crippen LogP contribution in [0.4, 0.5) is 0 Å². The van der Waals surface area contributed by atoms with E-state index in [0.717, 1.165) is 12.8 Å². The van der Waals surface area contributed by atoms with Gasteiger partial charge in [0.1, 0.15) is 6.54 Å². The van der Waals surface area contributed by atoms with Gasteiger partial charge in [0.2, 0.25) is 10.0 Å². The molecule has 0 heterocycles. The lowest BCUT2D eigenvalue weighted by atomic mass is 10.1. The van der Waals surface area contributed by atoms with Crippen molar-refractivity contribution in [3.05, 3.63) is 0 Å². The number of hydrogen-bond acceptors (Lipinski definition) is 3. The van der Waals surface area contributed by atoms with Crippen LogP contribution in [0.2, 0.25) is 0 Å². The molecule has 0 unspecified atom stereocenters. The molecule has 84 valence electrons. The largest absolute Gasteiger partial charge is 0.480 e. The third-order valence-electron chi connectivity index (χ3n) is 2.05. The van der Waals surface area contributed by atoms with Crippen LogP contribution in [-0.4, -0.2) is 31.8 Å². The van der Waals surface area contributed by atoms with Gasteiger partial charge in [-0.2, -0.15) is 0 Å². The van der Waals surface area contributed by atoms with Crippen molar-refractivity contribution in [1.29, 1.82) is 0 Å². The Morgan fingerprint density at radius 2 is 1.86 bits per heavy atom. The summed E-state index contributed by atoms with van der Waals surface area (Å²) in [5.41, 5.74) is 0. The molecule has 0 aromatic heterocycles. The summed E-state index contributed by atoms with van der Waals surface area (Å²) in [4.78, 5) is 10.1. The van der Waals surface area contributed by atoms with Crippen LogP contribution >= 0.6 is 0 Å². The molecule has 0 atom stereocenters. The van der Waals surface area contributed by atoms with E-state index in [2.05, 4.69) is 0 Å². The van der Waals surface area contributed by atoms with E-state index in [1.54, 1.807) is 0 Å². The zero-order valence-corrected chi connectivity index (χ0v) is 9.30. The number of carboxylic acid groups (broad SMARTS) is 1. The van der Waals surface area contributed by atoms with E-state index in [4.69, 9.17) is 5.11 Å². The van der Waals surface area contributed by atoms with Crippen LogP contribution in [0, 0.1) is 5.92 Å². The fraction of sp³-hybridized carbons (Fsp3) is 0.875. The first-order valence-corrected chi connectivity index (χ1v) is 6.25. The van der Waals surface area contributed by atoms with Gasteiger partial charge in [-0.25, -0.2) is 13.1 Å². The van der Waals surface area contributed by atoms with Crippen LogP contribution in [0.3, 0.4) is 0 Å². The Labute approximate surface area is 84.6 Å². The minimum atomic E-state index is -3.43. The summed E-state index contributed by atoms with van der Waals surface area (Å²) < 4.78 is 24.6. The average Bonchev–Trinajstić information content (AvgIpc) is 2.11. The molecule has 0 aliphatic carbocycles. The lowest BCUT2D eigenvalue weighted by molar-refractivity contribution is -0.135. The molecule has 0 aliphatic rings. The molecule has 0 saturated carbocycles. The molecule has 0 radical (unpaired) electrons. The summed E-state index contributed by atoms with van der Waals surface area (Å²) in [5, 5.41) is 8.30. The summed E-state index contributed by atoms with van der Waals surface area (Å²) in [6, 6.07) is 0. The summed E-state index contributed by atoms with van der Waals surface area (Å²) >= 11 is 0. The molecule has 0 bridgehead atoms. The second-order valence-corrected chi connectivity index (χ2v) is 5.03. The fourth-order valence-corrected chi connectivity index (χ4v) is 2.62. The maximum absolute atomic E-state index is 11.3. The molecular weight excluding hydrogens is 206 g/mol. The third kappa shape index (κ3) is 5.93. The Morgan fingerprint density at radius 1 is 1.36 bits per heavy atom. The van der Waals surface area contributed by atoms with Gasteiger partial charge in [-0.05, 0) is 5.92 Å². The topological polar surface area (TPSA) is 83.5 Å². The Morgan fingerprint density at radius 3 is 2.21 bits per heavy atom. The number of rotatable bonds is 7. The summed E-state index contributed by atoms with van der Waals surface area (Å²) in [6.07, 6.45) is 1.56. The molecule has 0 spiro atoms. The monoisotopic (exact) mass is 223 g/mol. The van der Waals surface area contributed by atoms with E-state index in [1.165, 1.54) is 0 Å². The Bertz CT molecular complexity index is 269. The van der Waals surface area contributed by atoms with E-state index < -0.39 is 22.5 Å². The van der Waals surface area contributed by atoms with E-state index in [1.807, 2.05) is 18.6 Å². The zero-order chi connectivity index (χ0) is 11.2. The van der Waals surface area contributed by atoms with Crippen LogP contribution in [0.25, 0.3) is 0 Å². The smallest absolute Gasteiger partial charge is 0.318 e. The maximum atomic E-state index is 11.3. The fourth-order valence-electron chi connectivity index (χ4n) is 1.07. The predicted octanol–water partition coefficient (Wildman–Crippen LogP) is 0.427. The van der Waals surface area contributed by atoms with Crippen molar-refractivity contribution >= 4 is 16.0 Å². The first-order valence-electron chi connectivity index (χ1n) is 4.60. The normalized spacial score (nSPS) is 11.9. The predicted molar refractivity (Wildman–Crippen MR) is 53.5 cm³/mol. The standard InChI is InChI=1S/C8H17NO4S/c1-3-7(4-2)6-14(12,13)9-5-8(10)11/h7,9H,3-6H2,1-2H3,(H,10,11). The molecule has 2 N–H and O–H groups in total. The number of nitrogens with one attached hydrogen (secondary N) is 1. The van der Waals surface area contributed by atoms with Crippen molar-refractivity contribution in [2.45, 2.75) is 26.7 Å². The molecule has 0 aromatic rings. The van der Waals surface area contributed by atoms with Crippen molar-refractivity contribution in [3.63, 3.8) is 0 Å². The lowest BCUT2D eigenvalue weighted by Crippen LogP contribution is -2.33. The number of sulfonamides is 1. The zero-order valence-electron chi connectivity index (χ0n) is 8.49. The highest BCUT2D eigenvalue weighted by Crippen LogP contribution is 2.09. The highest BCUT2D eigenvalue weighted by Gasteiger charge is 2.16. The molecule has 0 fully saturated rings. The maximum Gasteiger partial charge on any atom is 0.318 e. The van der Waals surface area contributed by atoms with Crippen molar-refractivity contribution in [3.8, 4) is 0 Å². The number of carboxylic acids is 1. The quantitative estimate of drug-likeness (QED) is 0.655. The van der Waals surface area contributed by atoms with E-state index >= 15 is 0 Å². The highest BCUT2D eigenvalue weighted by atomic mass is 32.2. The van der Waals surface area contributed by atoms with Crippen molar-refractivity contribution in [1.82, 2.24) is 4.72 Å². The van der Waals surface area contributed by atoms with Gasteiger partial charge in [-0.3, -0.25) is 4.79 Å². The van der Waals surface area contributed by atoms with Gasteiger partial charge >= 0.3 is 5.97 Å². The second kappa shape index (κ2) is 5.98. The average molecular weight is 223 g/mol. The van der Waals surface area contributed by atoms with Gasteiger partial charge in [0.15, 0.2) is 0 Å². The lowest BCUT2D eigenvalue weighted by Gasteiger charge is -2.12. The van der Waals surface area contributed by atoms with Crippen molar-refractivity contribution in [2.24, 2.45) is 5.92 Å². The molecule has 0 saturated heterocycles. The van der Waals surface area contributed by atoms with Gasteiger partial charge in [0.05, 0.1) is 5.75 Å². The van der Waals surface area contributed by atoms with Crippen LogP contribution in [0.1, 0.15) is 26.7 Å². The van der Waals surface area contributed by atoms with Gasteiger partial charge in [0.25, 0.3) is 0 Å². The minimum absolute atomic E-state index is 0.00722. The van der Waals surface area contributed by atoms with Crippen LogP contribution in [-0.2, 0) is 14.8 Å². The van der Waals surface area contributed by atoms with Crippen LogP contribution in [0.15, 0.2) is 0 Å². The first kappa shape index (κ1) is 13.4. The Balaban J connectivity index is 4.13. The van der Waals surface area contributed by atoms with Crippen LogP contribution in [0.5, 0.6) is 0 Å². The van der Waals surface area contributed by atoms with E-state index in [-0.39, 0.29) is 11.7 Å². The van der Waals surface area contributed by atoms with Gasteiger partial charge in [-0.15, -0.1) is 0 Å². The van der Waals surface area contributed by atoms with Gasteiger partial charge < -0.3 is 5.11 Å². The van der Waals surface area contributed by atoms with E-state index in [9.17, 15) is 13.2 Å².